The quantitative estimate of drug-likeness (QED) is 0.359. The number of aromatic nitrogens is 1. The average molecular weight is 549 g/mol. The Hall–Kier alpha value is -2.43. The van der Waals surface area contributed by atoms with Crippen LogP contribution < -0.4 is 15.8 Å². The Balaban J connectivity index is 1.04. The lowest BCUT2D eigenvalue weighted by Crippen LogP contribution is -2.66. The van der Waals surface area contributed by atoms with E-state index in [1.165, 1.54) is 43.9 Å². The van der Waals surface area contributed by atoms with Crippen molar-refractivity contribution in [2.45, 2.75) is 38.7 Å². The molecule has 4 aliphatic heterocycles. The highest BCUT2D eigenvalue weighted by Crippen LogP contribution is 2.52. The van der Waals surface area contributed by atoms with Gasteiger partial charge in [-0.05, 0) is 48.9 Å². The monoisotopic (exact) mass is 548 g/mol. The lowest BCUT2D eigenvalue weighted by molar-refractivity contribution is -0.188. The number of ether oxygens (including phenoxy) is 2. The standard InChI is InChI=1S/C29H32N4O3S2/c1-19(13-32-15-29(16-32)17-35-18-29)31-20-7-8-24-26(12-20)37-25-6-2-4-21(27(25)38-24)23-14-33(10-11-36-23)22-5-3-9-30-28(22)34/h2-9,12,19,23,31H,10-11,13-18H2,1H3,(H,30,34). The molecule has 0 radical (unpaired) electrons. The first-order valence-corrected chi connectivity index (χ1v) is 14.9. The summed E-state index contributed by atoms with van der Waals surface area (Å²) in [7, 11) is 0. The van der Waals surface area contributed by atoms with Gasteiger partial charge >= 0.3 is 0 Å². The van der Waals surface area contributed by atoms with Gasteiger partial charge in [-0.15, -0.1) is 0 Å². The van der Waals surface area contributed by atoms with Gasteiger partial charge in [0.05, 0.1) is 19.8 Å². The maximum absolute atomic E-state index is 12.4. The minimum absolute atomic E-state index is 0.0532. The second kappa shape index (κ2) is 9.95. The van der Waals surface area contributed by atoms with Crippen molar-refractivity contribution in [2.75, 3.05) is 62.8 Å². The molecule has 2 atom stereocenters. The van der Waals surface area contributed by atoms with E-state index in [-0.39, 0.29) is 11.7 Å². The summed E-state index contributed by atoms with van der Waals surface area (Å²) in [6.07, 6.45) is 1.60. The van der Waals surface area contributed by atoms with Crippen LogP contribution in [0.4, 0.5) is 11.4 Å². The number of hydrogen-bond donors (Lipinski definition) is 2. The molecule has 7 rings (SSSR count). The lowest BCUT2D eigenvalue weighted by Gasteiger charge is -2.55. The van der Waals surface area contributed by atoms with Gasteiger partial charge < -0.3 is 24.7 Å². The van der Waals surface area contributed by atoms with Gasteiger partial charge in [-0.25, -0.2) is 0 Å². The van der Waals surface area contributed by atoms with Gasteiger partial charge in [0.1, 0.15) is 11.8 Å². The number of nitrogens with one attached hydrogen (secondary N) is 2. The molecule has 1 spiro atoms. The number of hydrogen-bond acceptors (Lipinski definition) is 8. The second-order valence-electron chi connectivity index (χ2n) is 10.9. The molecule has 2 unspecified atom stereocenters. The third-order valence-corrected chi connectivity index (χ3v) is 10.4. The summed E-state index contributed by atoms with van der Waals surface area (Å²) in [6, 6.07) is 17.4. The van der Waals surface area contributed by atoms with Crippen LogP contribution in [0.1, 0.15) is 18.6 Å². The molecule has 3 aromatic rings. The molecular formula is C29H32N4O3S2. The maximum Gasteiger partial charge on any atom is 0.271 e. The molecule has 0 bridgehead atoms. The highest BCUT2D eigenvalue weighted by Gasteiger charge is 2.48. The molecule has 2 aromatic carbocycles. The summed E-state index contributed by atoms with van der Waals surface area (Å²) in [5.41, 5.74) is 3.49. The molecule has 1 aromatic heterocycles. The van der Waals surface area contributed by atoms with Gasteiger partial charge in [0.25, 0.3) is 5.56 Å². The first-order chi connectivity index (χ1) is 18.6. The summed E-state index contributed by atoms with van der Waals surface area (Å²) in [6.45, 7) is 9.49. The molecule has 3 saturated heterocycles. The Labute approximate surface area is 231 Å². The van der Waals surface area contributed by atoms with E-state index in [9.17, 15) is 4.79 Å². The molecule has 7 nitrogen and oxygen atoms in total. The van der Waals surface area contributed by atoms with Gasteiger partial charge in [0, 0.05) is 75.6 Å². The number of pyridine rings is 1. The Kier molecular flexibility index (Phi) is 6.44. The summed E-state index contributed by atoms with van der Waals surface area (Å²) in [4.78, 5) is 24.9. The van der Waals surface area contributed by atoms with Gasteiger partial charge in [-0.3, -0.25) is 9.69 Å². The van der Waals surface area contributed by atoms with Crippen molar-refractivity contribution in [2.24, 2.45) is 5.41 Å². The summed E-state index contributed by atoms with van der Waals surface area (Å²) < 4.78 is 11.7. The molecule has 38 heavy (non-hydrogen) atoms. The van der Waals surface area contributed by atoms with Crippen LogP contribution in [0.5, 0.6) is 0 Å². The molecule has 0 amide bonds. The summed E-state index contributed by atoms with van der Waals surface area (Å²) >= 11 is 3.66. The first-order valence-electron chi connectivity index (χ1n) is 13.3. The van der Waals surface area contributed by atoms with E-state index in [4.69, 9.17) is 9.47 Å². The predicted octanol–water partition coefficient (Wildman–Crippen LogP) is 4.70. The lowest BCUT2D eigenvalue weighted by atomic mass is 9.78. The molecule has 5 heterocycles. The minimum Gasteiger partial charge on any atom is -0.381 e. The number of morpholine rings is 1. The van der Waals surface area contributed by atoms with Crippen molar-refractivity contribution in [1.82, 2.24) is 9.88 Å². The van der Waals surface area contributed by atoms with Crippen molar-refractivity contribution >= 4 is 34.9 Å². The third kappa shape index (κ3) is 4.64. The zero-order valence-electron chi connectivity index (χ0n) is 21.4. The number of fused-ring (bicyclic) bond motifs is 2. The number of H-pyrrole nitrogens is 1. The van der Waals surface area contributed by atoms with Crippen LogP contribution in [0.3, 0.4) is 0 Å². The molecular weight excluding hydrogens is 516 g/mol. The fraction of sp³-hybridized carbons (Fsp3) is 0.414. The molecule has 3 fully saturated rings. The first kappa shape index (κ1) is 24.6. The topological polar surface area (TPSA) is 69.8 Å². The molecule has 198 valence electrons. The van der Waals surface area contributed by atoms with Gasteiger partial charge in [0.15, 0.2) is 0 Å². The zero-order chi connectivity index (χ0) is 25.7. The number of likely N-dealkylation sites (tertiary alicyclic amines) is 1. The smallest absolute Gasteiger partial charge is 0.271 e. The van der Waals surface area contributed by atoms with E-state index in [0.717, 1.165) is 19.8 Å². The fourth-order valence-electron chi connectivity index (χ4n) is 6.01. The SMILES string of the molecule is CC(CN1CC2(COC2)C1)Nc1ccc2c(c1)Sc1cccc(C3CN(c4ccc[nH]c4=O)CCO3)c1S2. The number of nitrogens with zero attached hydrogens (tertiary/aromatic N) is 2. The van der Waals surface area contributed by atoms with Crippen molar-refractivity contribution in [3.63, 3.8) is 0 Å². The van der Waals surface area contributed by atoms with E-state index in [1.807, 2.05) is 35.7 Å². The number of benzene rings is 2. The number of aromatic amines is 1. The van der Waals surface area contributed by atoms with Crippen LogP contribution in [0.15, 0.2) is 79.1 Å². The third-order valence-electron chi connectivity index (χ3n) is 7.82. The second-order valence-corrected chi connectivity index (χ2v) is 13.1. The van der Waals surface area contributed by atoms with Crippen molar-refractivity contribution < 1.29 is 9.47 Å². The van der Waals surface area contributed by atoms with E-state index in [2.05, 4.69) is 63.4 Å². The molecule has 2 N–H and O–H groups in total. The van der Waals surface area contributed by atoms with Crippen molar-refractivity contribution in [3.8, 4) is 0 Å². The fourth-order valence-corrected chi connectivity index (χ4v) is 8.46. The van der Waals surface area contributed by atoms with Crippen LogP contribution in [0.2, 0.25) is 0 Å². The number of rotatable bonds is 6. The Morgan fingerprint density at radius 1 is 1.11 bits per heavy atom. The zero-order valence-corrected chi connectivity index (χ0v) is 23.1. The van der Waals surface area contributed by atoms with Crippen molar-refractivity contribution in [3.05, 3.63) is 70.6 Å². The highest BCUT2D eigenvalue weighted by molar-refractivity contribution is 8.05. The molecule has 0 aliphatic carbocycles. The summed E-state index contributed by atoms with van der Waals surface area (Å²) in [5.74, 6) is 0. The Bertz CT molecular complexity index is 1400. The van der Waals surface area contributed by atoms with Crippen molar-refractivity contribution in [1.29, 1.82) is 0 Å². The highest BCUT2D eigenvalue weighted by atomic mass is 32.2. The maximum atomic E-state index is 12.4. The van der Waals surface area contributed by atoms with Crippen LogP contribution in [-0.2, 0) is 9.47 Å². The Morgan fingerprint density at radius 2 is 2.00 bits per heavy atom. The predicted molar refractivity (Wildman–Crippen MR) is 152 cm³/mol. The largest absolute Gasteiger partial charge is 0.381 e. The van der Waals surface area contributed by atoms with Gasteiger partial charge in [0.2, 0.25) is 0 Å². The average Bonchev–Trinajstić information content (AvgIpc) is 2.88. The molecule has 0 saturated carbocycles. The summed E-state index contributed by atoms with van der Waals surface area (Å²) in [5, 5.41) is 3.72. The van der Waals surface area contributed by atoms with Gasteiger partial charge in [-0.2, -0.15) is 0 Å². The molecule has 9 heteroatoms. The van der Waals surface area contributed by atoms with E-state index in [0.29, 0.717) is 36.8 Å². The van der Waals surface area contributed by atoms with E-state index >= 15 is 0 Å². The normalized spacial score (nSPS) is 22.7. The van der Waals surface area contributed by atoms with Crippen LogP contribution >= 0.6 is 23.5 Å². The number of anilines is 2. The van der Waals surface area contributed by atoms with Crippen LogP contribution in [0, 0.1) is 5.41 Å². The Morgan fingerprint density at radius 3 is 2.82 bits per heavy atom. The molecule has 4 aliphatic rings. The van der Waals surface area contributed by atoms with E-state index in [1.54, 1.807) is 6.20 Å². The van der Waals surface area contributed by atoms with Gasteiger partial charge in [-0.1, -0.05) is 35.7 Å². The minimum atomic E-state index is -0.0816. The van der Waals surface area contributed by atoms with E-state index < -0.39 is 0 Å². The van der Waals surface area contributed by atoms with Crippen LogP contribution in [0.25, 0.3) is 0 Å². The van der Waals surface area contributed by atoms with Crippen LogP contribution in [-0.4, -0.2) is 68.5 Å².